The number of carbonyl (C=O) groups is 2. The Hall–Kier alpha value is -4.80. The van der Waals surface area contributed by atoms with Crippen LogP contribution < -0.4 is 25.6 Å². The third-order valence-electron chi connectivity index (χ3n) is 5.80. The number of rotatable bonds is 7. The summed E-state index contributed by atoms with van der Waals surface area (Å²) >= 11 is 0. The molecule has 3 heterocycles. The van der Waals surface area contributed by atoms with Crippen LogP contribution >= 0.6 is 0 Å². The van der Waals surface area contributed by atoms with E-state index in [4.69, 9.17) is 19.4 Å². The summed E-state index contributed by atoms with van der Waals surface area (Å²) in [4.78, 5) is 31.1. The maximum absolute atomic E-state index is 13.7. The number of morpholine rings is 1. The number of nitrogens with zero attached hydrogens (tertiary/aromatic N) is 3. The van der Waals surface area contributed by atoms with Crippen molar-refractivity contribution in [2.24, 2.45) is 0 Å². The topological polar surface area (TPSA) is 138 Å². The number of carboxylic acid groups (broad SMARTS) is 1. The minimum atomic E-state index is -5.08. The van der Waals surface area contributed by atoms with Crippen LogP contribution in [0.3, 0.4) is 0 Å². The van der Waals surface area contributed by atoms with Gasteiger partial charge in [0.25, 0.3) is 5.91 Å². The van der Waals surface area contributed by atoms with Gasteiger partial charge in [0.1, 0.15) is 11.6 Å². The largest absolute Gasteiger partial charge is 0.494 e. The van der Waals surface area contributed by atoms with Gasteiger partial charge in [-0.25, -0.2) is 14.8 Å². The quantitative estimate of drug-likeness (QED) is 0.274. The fourth-order valence-corrected chi connectivity index (χ4v) is 3.74. The van der Waals surface area contributed by atoms with E-state index in [0.717, 1.165) is 25.0 Å². The van der Waals surface area contributed by atoms with E-state index in [1.54, 1.807) is 6.07 Å². The number of carbonyl (C=O) groups excluding carboxylic acids is 1. The highest BCUT2D eigenvalue weighted by Gasteiger charge is 2.38. The number of ether oxygens (including phenoxy) is 2. The molecule has 0 radical (unpaired) electrons. The average molecular weight is 617 g/mol. The van der Waals surface area contributed by atoms with Gasteiger partial charge in [-0.2, -0.15) is 26.3 Å². The molecule has 17 heteroatoms. The molecule has 0 unspecified atom stereocenters. The van der Waals surface area contributed by atoms with Gasteiger partial charge in [0, 0.05) is 50.4 Å². The Morgan fingerprint density at radius 2 is 1.65 bits per heavy atom. The third kappa shape index (κ3) is 8.84. The number of anilines is 5. The van der Waals surface area contributed by atoms with Gasteiger partial charge in [0.15, 0.2) is 5.69 Å². The summed E-state index contributed by atoms with van der Waals surface area (Å²) in [6.45, 7) is 2.76. The predicted octanol–water partition coefficient (Wildman–Crippen LogP) is 4.82. The highest BCUT2D eigenvalue weighted by Crippen LogP contribution is 2.38. The molecule has 1 aromatic carbocycles. The number of carboxylic acids is 1. The normalized spacial score (nSPS) is 13.3. The molecule has 1 saturated heterocycles. The number of aliphatic carboxylic acids is 1. The standard InChI is InChI=1S/C24H25F3N6O3.C2HF3O2/c1-28-23(34)22-18(4-3-7-29-22)31-19-13-21(30-14-16(19)24(25,26)27)32-17-6-5-15(12-20(17)35-2)33-8-10-36-11-9-33;3-2(4,5)1(6)7/h3-7,12-14H,8-11H2,1-2H3,(H,28,34)(H2,30,31,32);(H,6,7). The minimum absolute atomic E-state index is 0.0418. The maximum atomic E-state index is 13.7. The van der Waals surface area contributed by atoms with E-state index >= 15 is 0 Å². The van der Waals surface area contributed by atoms with Crippen LogP contribution in [0.1, 0.15) is 16.1 Å². The molecule has 43 heavy (non-hydrogen) atoms. The number of hydrogen-bond acceptors (Lipinski definition) is 9. The van der Waals surface area contributed by atoms with Crippen LogP contribution in [0.5, 0.6) is 5.75 Å². The summed E-state index contributed by atoms with van der Waals surface area (Å²) in [5, 5.41) is 15.3. The maximum Gasteiger partial charge on any atom is 0.490 e. The lowest BCUT2D eigenvalue weighted by molar-refractivity contribution is -0.192. The molecular weight excluding hydrogens is 590 g/mol. The lowest BCUT2D eigenvalue weighted by atomic mass is 10.2. The summed E-state index contributed by atoms with van der Waals surface area (Å²) in [6, 6.07) is 9.73. The molecule has 0 atom stereocenters. The number of alkyl halides is 6. The molecule has 0 aliphatic carbocycles. The molecule has 0 spiro atoms. The fraction of sp³-hybridized carbons (Fsp3) is 0.308. The van der Waals surface area contributed by atoms with Crippen LogP contribution in [-0.4, -0.2) is 73.6 Å². The van der Waals surface area contributed by atoms with Crippen molar-refractivity contribution in [1.82, 2.24) is 15.3 Å². The number of nitrogens with one attached hydrogen (secondary N) is 3. The number of hydrogen-bond donors (Lipinski definition) is 4. The van der Waals surface area contributed by atoms with Crippen LogP contribution in [0.25, 0.3) is 0 Å². The summed E-state index contributed by atoms with van der Waals surface area (Å²) in [5.74, 6) is -2.64. The predicted molar refractivity (Wildman–Crippen MR) is 143 cm³/mol. The number of halogens is 6. The Morgan fingerprint density at radius 1 is 0.977 bits per heavy atom. The number of benzene rings is 1. The lowest BCUT2D eigenvalue weighted by Gasteiger charge is -2.29. The first-order chi connectivity index (χ1) is 20.2. The number of methoxy groups -OCH3 is 1. The van der Waals surface area contributed by atoms with Crippen LogP contribution in [0.2, 0.25) is 0 Å². The third-order valence-corrected chi connectivity index (χ3v) is 5.80. The zero-order valence-corrected chi connectivity index (χ0v) is 22.6. The van der Waals surface area contributed by atoms with E-state index in [1.165, 1.54) is 38.6 Å². The number of aromatic nitrogens is 2. The van der Waals surface area contributed by atoms with Gasteiger partial charge in [0.2, 0.25) is 0 Å². The smallest absolute Gasteiger partial charge is 0.490 e. The first-order valence-corrected chi connectivity index (χ1v) is 12.3. The van der Waals surface area contributed by atoms with Crippen LogP contribution in [0.15, 0.2) is 48.8 Å². The van der Waals surface area contributed by atoms with Crippen molar-refractivity contribution in [2.45, 2.75) is 12.4 Å². The molecule has 1 amide bonds. The molecule has 2 aromatic heterocycles. The molecule has 4 rings (SSSR count). The van der Waals surface area contributed by atoms with E-state index in [-0.39, 0.29) is 22.9 Å². The van der Waals surface area contributed by atoms with Crippen molar-refractivity contribution < 1.29 is 50.5 Å². The summed E-state index contributed by atoms with van der Waals surface area (Å²) in [7, 11) is 2.92. The Morgan fingerprint density at radius 3 is 2.23 bits per heavy atom. The van der Waals surface area contributed by atoms with Gasteiger partial charge in [0.05, 0.1) is 42.9 Å². The summed E-state index contributed by atoms with van der Waals surface area (Å²) in [5.41, 5.74) is 0.269. The van der Waals surface area contributed by atoms with Crippen LogP contribution in [-0.2, 0) is 15.7 Å². The zero-order chi connectivity index (χ0) is 31.8. The Balaban J connectivity index is 0.000000646. The Kier molecular flexibility index (Phi) is 10.6. The second kappa shape index (κ2) is 13.9. The summed E-state index contributed by atoms with van der Waals surface area (Å²) in [6.07, 6.45) is -7.65. The highest BCUT2D eigenvalue weighted by atomic mass is 19.4. The summed E-state index contributed by atoms with van der Waals surface area (Å²) < 4.78 is 83.9. The second-order valence-electron chi connectivity index (χ2n) is 8.63. The van der Waals surface area contributed by atoms with Crippen molar-refractivity contribution >= 4 is 40.4 Å². The Bertz CT molecular complexity index is 1430. The fourth-order valence-electron chi connectivity index (χ4n) is 3.74. The average Bonchev–Trinajstić information content (AvgIpc) is 2.97. The molecule has 1 aliphatic rings. The molecule has 232 valence electrons. The number of pyridine rings is 2. The van der Waals surface area contributed by atoms with Crippen molar-refractivity contribution in [3.8, 4) is 5.75 Å². The molecule has 11 nitrogen and oxygen atoms in total. The first kappa shape index (κ1) is 32.7. The second-order valence-corrected chi connectivity index (χ2v) is 8.63. The van der Waals surface area contributed by atoms with Crippen molar-refractivity contribution in [3.05, 3.63) is 60.0 Å². The number of amides is 1. The molecule has 4 N–H and O–H groups in total. The van der Waals surface area contributed by atoms with Crippen molar-refractivity contribution in [2.75, 3.05) is 56.0 Å². The first-order valence-electron chi connectivity index (χ1n) is 12.3. The lowest BCUT2D eigenvalue weighted by Crippen LogP contribution is -2.36. The monoisotopic (exact) mass is 616 g/mol. The molecular formula is C26H26F6N6O5. The van der Waals surface area contributed by atoms with Crippen molar-refractivity contribution in [3.63, 3.8) is 0 Å². The van der Waals surface area contributed by atoms with Gasteiger partial charge in [-0.3, -0.25) is 4.79 Å². The zero-order valence-electron chi connectivity index (χ0n) is 22.6. The van der Waals surface area contributed by atoms with Gasteiger partial charge in [-0.05, 0) is 24.3 Å². The van der Waals surface area contributed by atoms with Gasteiger partial charge < -0.3 is 35.4 Å². The van der Waals surface area contributed by atoms with E-state index in [2.05, 4.69) is 30.8 Å². The van der Waals surface area contributed by atoms with Crippen molar-refractivity contribution in [1.29, 1.82) is 0 Å². The van der Waals surface area contributed by atoms with Crippen LogP contribution in [0.4, 0.5) is 54.9 Å². The highest BCUT2D eigenvalue weighted by molar-refractivity contribution is 5.98. The SMILES string of the molecule is CNC(=O)c1ncccc1Nc1cc(Nc2ccc(N3CCOCC3)cc2OC)ncc1C(F)(F)F.O=C(O)C(F)(F)F. The Labute approximate surface area is 240 Å². The molecule has 1 fully saturated rings. The van der Waals surface area contributed by atoms with E-state index < -0.39 is 29.8 Å². The molecule has 0 bridgehead atoms. The van der Waals surface area contributed by atoms with E-state index in [1.807, 2.05) is 12.1 Å². The molecule has 3 aromatic rings. The van der Waals surface area contributed by atoms with Gasteiger partial charge >= 0.3 is 18.3 Å². The van der Waals surface area contributed by atoms with Gasteiger partial charge in [-0.1, -0.05) is 0 Å². The molecule has 1 aliphatic heterocycles. The van der Waals surface area contributed by atoms with Crippen LogP contribution in [0, 0.1) is 0 Å². The van der Waals surface area contributed by atoms with E-state index in [9.17, 15) is 31.1 Å². The van der Waals surface area contributed by atoms with E-state index in [0.29, 0.717) is 24.7 Å². The van der Waals surface area contributed by atoms with Gasteiger partial charge in [-0.15, -0.1) is 0 Å². The minimum Gasteiger partial charge on any atom is -0.494 e. The molecule has 0 saturated carbocycles.